The third-order valence-corrected chi connectivity index (χ3v) is 4.63. The summed E-state index contributed by atoms with van der Waals surface area (Å²) < 4.78 is 0. The van der Waals surface area contributed by atoms with Crippen molar-refractivity contribution in [3.05, 3.63) is 107 Å². The van der Waals surface area contributed by atoms with E-state index in [1.165, 1.54) is 11.1 Å². The van der Waals surface area contributed by atoms with Gasteiger partial charge in [0, 0.05) is 13.1 Å². The minimum Gasteiger partial charge on any atom is -0.334 e. The highest BCUT2D eigenvalue weighted by Crippen LogP contribution is 2.16. The molecule has 132 valence electrons. The van der Waals surface area contributed by atoms with Crippen molar-refractivity contribution in [2.45, 2.75) is 33.4 Å². The first-order valence-corrected chi connectivity index (χ1v) is 9.03. The summed E-state index contributed by atoms with van der Waals surface area (Å²) in [6.45, 7) is 5.39. The summed E-state index contributed by atoms with van der Waals surface area (Å²) in [6.07, 6.45) is 0.438. The molecule has 0 aliphatic heterocycles. The van der Waals surface area contributed by atoms with Crippen molar-refractivity contribution in [1.29, 1.82) is 0 Å². The first-order valence-electron chi connectivity index (χ1n) is 9.03. The Kier molecular flexibility index (Phi) is 5.85. The van der Waals surface area contributed by atoms with Crippen molar-refractivity contribution >= 4 is 5.91 Å². The fourth-order valence-corrected chi connectivity index (χ4v) is 3.11. The second kappa shape index (κ2) is 8.48. The van der Waals surface area contributed by atoms with Crippen molar-refractivity contribution in [2.75, 3.05) is 0 Å². The average Bonchev–Trinajstić information content (AvgIpc) is 2.66. The third-order valence-electron chi connectivity index (χ3n) is 4.63. The fraction of sp³-hybridized carbons (Fsp3) is 0.208. The molecule has 0 spiro atoms. The second-order valence-corrected chi connectivity index (χ2v) is 6.83. The number of carbonyl (C=O) groups excluding carboxylic acids is 1. The number of amides is 1. The molecule has 0 saturated carbocycles. The molecule has 0 fully saturated rings. The standard InChI is InChI=1S/C24H25NO/c1-19-13-14-20(2)23(15-19)16-24(26)25(17-21-9-5-3-6-10-21)18-22-11-7-4-8-12-22/h3-15H,16-18H2,1-2H3. The van der Waals surface area contributed by atoms with Crippen LogP contribution in [0.25, 0.3) is 0 Å². The first-order chi connectivity index (χ1) is 12.6. The van der Waals surface area contributed by atoms with Crippen LogP contribution in [0, 0.1) is 13.8 Å². The zero-order valence-electron chi connectivity index (χ0n) is 15.5. The van der Waals surface area contributed by atoms with E-state index in [1.807, 2.05) is 41.3 Å². The molecule has 0 aromatic heterocycles. The molecular weight excluding hydrogens is 318 g/mol. The molecule has 3 rings (SSSR count). The molecule has 0 N–H and O–H groups in total. The molecule has 0 heterocycles. The number of aryl methyl sites for hydroxylation is 2. The van der Waals surface area contributed by atoms with Gasteiger partial charge in [0.1, 0.15) is 0 Å². The summed E-state index contributed by atoms with van der Waals surface area (Å²) in [7, 11) is 0. The predicted molar refractivity (Wildman–Crippen MR) is 107 cm³/mol. The van der Waals surface area contributed by atoms with Gasteiger partial charge in [0.2, 0.25) is 5.91 Å². The van der Waals surface area contributed by atoms with E-state index in [9.17, 15) is 4.79 Å². The lowest BCUT2D eigenvalue weighted by molar-refractivity contribution is -0.131. The zero-order valence-corrected chi connectivity index (χ0v) is 15.5. The highest BCUT2D eigenvalue weighted by Gasteiger charge is 2.16. The normalized spacial score (nSPS) is 10.5. The minimum absolute atomic E-state index is 0.159. The number of hydrogen-bond donors (Lipinski definition) is 0. The summed E-state index contributed by atoms with van der Waals surface area (Å²) in [6, 6.07) is 26.7. The molecule has 0 aliphatic rings. The molecule has 2 nitrogen and oxygen atoms in total. The Morgan fingerprint density at radius 1 is 0.769 bits per heavy atom. The maximum Gasteiger partial charge on any atom is 0.227 e. The van der Waals surface area contributed by atoms with E-state index in [0.717, 1.165) is 16.7 Å². The van der Waals surface area contributed by atoms with E-state index in [4.69, 9.17) is 0 Å². The summed E-state index contributed by atoms with van der Waals surface area (Å²) in [5, 5.41) is 0. The van der Waals surface area contributed by atoms with Gasteiger partial charge in [0.15, 0.2) is 0 Å². The van der Waals surface area contributed by atoms with Gasteiger partial charge in [-0.25, -0.2) is 0 Å². The van der Waals surface area contributed by atoms with Crippen molar-refractivity contribution in [1.82, 2.24) is 4.90 Å². The lowest BCUT2D eigenvalue weighted by Gasteiger charge is -2.24. The van der Waals surface area contributed by atoms with Crippen LogP contribution in [0.2, 0.25) is 0 Å². The maximum atomic E-state index is 13.1. The van der Waals surface area contributed by atoms with Crippen LogP contribution in [0.3, 0.4) is 0 Å². The van der Waals surface area contributed by atoms with Crippen LogP contribution >= 0.6 is 0 Å². The smallest absolute Gasteiger partial charge is 0.227 e. The van der Waals surface area contributed by atoms with E-state index in [2.05, 4.69) is 56.3 Å². The van der Waals surface area contributed by atoms with Crippen LogP contribution in [-0.2, 0) is 24.3 Å². The van der Waals surface area contributed by atoms with Crippen LogP contribution in [0.15, 0.2) is 78.9 Å². The van der Waals surface area contributed by atoms with Crippen LogP contribution in [-0.4, -0.2) is 10.8 Å². The highest BCUT2D eigenvalue weighted by atomic mass is 16.2. The average molecular weight is 343 g/mol. The zero-order chi connectivity index (χ0) is 18.4. The largest absolute Gasteiger partial charge is 0.334 e. The Morgan fingerprint density at radius 3 is 1.85 bits per heavy atom. The molecule has 26 heavy (non-hydrogen) atoms. The first kappa shape index (κ1) is 17.9. The second-order valence-electron chi connectivity index (χ2n) is 6.83. The predicted octanol–water partition coefficient (Wildman–Crippen LogP) is 5.07. The summed E-state index contributed by atoms with van der Waals surface area (Å²) in [5.41, 5.74) is 5.77. The van der Waals surface area contributed by atoms with Gasteiger partial charge in [-0.15, -0.1) is 0 Å². The molecule has 0 saturated heterocycles. The number of hydrogen-bond acceptors (Lipinski definition) is 1. The van der Waals surface area contributed by atoms with Crippen molar-refractivity contribution < 1.29 is 4.79 Å². The van der Waals surface area contributed by atoms with Gasteiger partial charge in [0.05, 0.1) is 6.42 Å². The molecule has 3 aromatic rings. The topological polar surface area (TPSA) is 20.3 Å². The van der Waals surface area contributed by atoms with Crippen LogP contribution < -0.4 is 0 Å². The third kappa shape index (κ3) is 4.82. The monoisotopic (exact) mass is 343 g/mol. The van der Waals surface area contributed by atoms with E-state index in [0.29, 0.717) is 19.5 Å². The summed E-state index contributed by atoms with van der Waals surface area (Å²) in [5.74, 6) is 0.159. The Balaban J connectivity index is 1.81. The van der Waals surface area contributed by atoms with Gasteiger partial charge in [-0.3, -0.25) is 4.79 Å². The van der Waals surface area contributed by atoms with Gasteiger partial charge in [-0.2, -0.15) is 0 Å². The van der Waals surface area contributed by atoms with Crippen molar-refractivity contribution in [3.63, 3.8) is 0 Å². The molecular formula is C24H25NO. The molecule has 2 heteroatoms. The van der Waals surface area contributed by atoms with Crippen molar-refractivity contribution in [2.24, 2.45) is 0 Å². The molecule has 0 aliphatic carbocycles. The minimum atomic E-state index is 0.159. The van der Waals surface area contributed by atoms with E-state index >= 15 is 0 Å². The van der Waals surface area contributed by atoms with Gasteiger partial charge in [-0.05, 0) is 36.1 Å². The lowest BCUT2D eigenvalue weighted by atomic mass is 10.0. The number of benzene rings is 3. The van der Waals surface area contributed by atoms with Crippen molar-refractivity contribution in [3.8, 4) is 0 Å². The van der Waals surface area contributed by atoms with E-state index in [1.54, 1.807) is 0 Å². The summed E-state index contributed by atoms with van der Waals surface area (Å²) >= 11 is 0. The quantitative estimate of drug-likeness (QED) is 0.611. The Labute approximate surface area is 156 Å². The molecule has 0 atom stereocenters. The fourth-order valence-electron chi connectivity index (χ4n) is 3.11. The number of nitrogens with zero attached hydrogens (tertiary/aromatic N) is 1. The lowest BCUT2D eigenvalue weighted by Crippen LogP contribution is -2.31. The van der Waals surface area contributed by atoms with E-state index in [-0.39, 0.29) is 5.91 Å². The molecule has 0 radical (unpaired) electrons. The van der Waals surface area contributed by atoms with Gasteiger partial charge in [-0.1, -0.05) is 84.4 Å². The SMILES string of the molecule is Cc1ccc(C)c(CC(=O)N(Cc2ccccc2)Cc2ccccc2)c1. The van der Waals surface area contributed by atoms with Gasteiger partial charge in [0.25, 0.3) is 0 Å². The Bertz CT molecular complexity index is 814. The number of carbonyl (C=O) groups is 1. The van der Waals surface area contributed by atoms with Gasteiger partial charge < -0.3 is 4.90 Å². The Hall–Kier alpha value is -2.87. The van der Waals surface area contributed by atoms with Crippen LogP contribution in [0.1, 0.15) is 27.8 Å². The van der Waals surface area contributed by atoms with Gasteiger partial charge >= 0.3 is 0 Å². The van der Waals surface area contributed by atoms with Crippen LogP contribution in [0.5, 0.6) is 0 Å². The molecule has 0 bridgehead atoms. The highest BCUT2D eigenvalue weighted by molar-refractivity contribution is 5.79. The molecule has 0 unspecified atom stereocenters. The Morgan fingerprint density at radius 2 is 1.31 bits per heavy atom. The molecule has 3 aromatic carbocycles. The van der Waals surface area contributed by atoms with E-state index < -0.39 is 0 Å². The van der Waals surface area contributed by atoms with Crippen LogP contribution in [0.4, 0.5) is 0 Å². The maximum absolute atomic E-state index is 13.1. The number of rotatable bonds is 6. The summed E-state index contributed by atoms with van der Waals surface area (Å²) in [4.78, 5) is 15.1. The molecule has 1 amide bonds.